The first-order chi connectivity index (χ1) is 9.88. The molecular weight excluding hydrogens is 259 g/mol. The van der Waals surface area contributed by atoms with Crippen molar-refractivity contribution in [3.63, 3.8) is 0 Å². The normalized spacial score (nSPS) is 20.6. The van der Waals surface area contributed by atoms with E-state index in [1.54, 1.807) is 0 Å². The van der Waals surface area contributed by atoms with E-state index in [9.17, 15) is 4.39 Å². The molecule has 110 valence electrons. The van der Waals surface area contributed by atoms with Crippen LogP contribution in [0.25, 0.3) is 0 Å². The van der Waals surface area contributed by atoms with Gasteiger partial charge in [-0.1, -0.05) is 6.07 Å². The lowest BCUT2D eigenvalue weighted by Gasteiger charge is -2.35. The first kappa shape index (κ1) is 13.6. The smallest absolute Gasteiger partial charge is 0.161 e. The summed E-state index contributed by atoms with van der Waals surface area (Å²) in [5.41, 5.74) is 1.12. The van der Waals surface area contributed by atoms with Crippen LogP contribution in [0.2, 0.25) is 0 Å². The van der Waals surface area contributed by atoms with Crippen molar-refractivity contribution in [3.05, 3.63) is 23.8 Å². The molecule has 0 unspecified atom stereocenters. The van der Waals surface area contributed by atoms with Crippen LogP contribution < -0.4 is 14.8 Å². The average Bonchev–Trinajstić information content (AvgIpc) is 2.53. The van der Waals surface area contributed by atoms with Gasteiger partial charge in [-0.25, -0.2) is 0 Å². The number of piperazine rings is 1. The molecule has 1 saturated heterocycles. The first-order valence-electron chi connectivity index (χ1n) is 7.29. The Balaban J connectivity index is 1.82. The Morgan fingerprint density at radius 2 is 1.90 bits per heavy atom. The number of hydrogen-bond donors (Lipinski definition) is 1. The van der Waals surface area contributed by atoms with E-state index in [1.165, 1.54) is 0 Å². The number of benzene rings is 1. The fourth-order valence-electron chi connectivity index (χ4n) is 2.92. The maximum atomic E-state index is 12.9. The number of hydrogen-bond acceptors (Lipinski definition) is 4. The van der Waals surface area contributed by atoms with Crippen molar-refractivity contribution < 1.29 is 13.9 Å². The molecule has 1 aromatic rings. The number of halogens is 1. The second-order valence-electron chi connectivity index (χ2n) is 5.18. The van der Waals surface area contributed by atoms with Gasteiger partial charge in [-0.2, -0.15) is 0 Å². The summed E-state index contributed by atoms with van der Waals surface area (Å²) in [6, 6.07) is 6.11. The summed E-state index contributed by atoms with van der Waals surface area (Å²) in [6.07, 6.45) is 0.527. The summed E-state index contributed by atoms with van der Waals surface area (Å²) in [7, 11) is 0. The molecule has 4 nitrogen and oxygen atoms in total. The largest absolute Gasteiger partial charge is 0.486 e. The highest BCUT2D eigenvalue weighted by Crippen LogP contribution is 2.35. The van der Waals surface area contributed by atoms with Crippen LogP contribution in [0.3, 0.4) is 0 Å². The van der Waals surface area contributed by atoms with E-state index in [0.29, 0.717) is 19.6 Å². The lowest BCUT2D eigenvalue weighted by Crippen LogP contribution is -2.45. The van der Waals surface area contributed by atoms with E-state index < -0.39 is 0 Å². The lowest BCUT2D eigenvalue weighted by molar-refractivity contribution is 0.154. The summed E-state index contributed by atoms with van der Waals surface area (Å²) >= 11 is 0. The van der Waals surface area contributed by atoms with Crippen molar-refractivity contribution in [3.8, 4) is 11.5 Å². The lowest BCUT2D eigenvalue weighted by atomic mass is 10.0. The Bertz CT molecular complexity index is 449. The van der Waals surface area contributed by atoms with Crippen LogP contribution in [-0.2, 0) is 0 Å². The van der Waals surface area contributed by atoms with Crippen molar-refractivity contribution in [2.45, 2.75) is 12.5 Å². The molecule has 1 N–H and O–H groups in total. The van der Waals surface area contributed by atoms with E-state index in [1.807, 2.05) is 18.2 Å². The predicted molar refractivity (Wildman–Crippen MR) is 75.2 cm³/mol. The molecule has 2 aliphatic rings. The van der Waals surface area contributed by atoms with Gasteiger partial charge in [-0.3, -0.25) is 9.29 Å². The molecule has 0 radical (unpaired) electrons. The Kier molecular flexibility index (Phi) is 4.38. The van der Waals surface area contributed by atoms with Gasteiger partial charge in [0, 0.05) is 32.2 Å². The Morgan fingerprint density at radius 1 is 1.15 bits per heavy atom. The van der Waals surface area contributed by atoms with Gasteiger partial charge >= 0.3 is 0 Å². The van der Waals surface area contributed by atoms with E-state index in [2.05, 4.69) is 10.2 Å². The summed E-state index contributed by atoms with van der Waals surface area (Å²) in [4.78, 5) is 2.35. The Hall–Kier alpha value is -1.33. The highest BCUT2D eigenvalue weighted by atomic mass is 19.1. The van der Waals surface area contributed by atoms with Gasteiger partial charge in [-0.15, -0.1) is 0 Å². The number of nitrogens with zero attached hydrogens (tertiary/aromatic N) is 1. The summed E-state index contributed by atoms with van der Waals surface area (Å²) in [6.45, 7) is 4.72. The molecule has 2 aliphatic heterocycles. The molecule has 1 fully saturated rings. The zero-order valence-electron chi connectivity index (χ0n) is 11.6. The molecule has 0 bridgehead atoms. The number of alkyl halides is 1. The molecule has 2 heterocycles. The van der Waals surface area contributed by atoms with Crippen molar-refractivity contribution in [2.75, 3.05) is 46.1 Å². The Labute approximate surface area is 118 Å². The number of ether oxygens (including phenoxy) is 2. The number of rotatable bonds is 4. The average molecular weight is 280 g/mol. The molecule has 0 spiro atoms. The van der Waals surface area contributed by atoms with Crippen molar-refractivity contribution in [1.29, 1.82) is 0 Å². The molecular formula is C15H21FN2O2. The van der Waals surface area contributed by atoms with Crippen LogP contribution >= 0.6 is 0 Å². The third-order valence-electron chi connectivity index (χ3n) is 3.93. The molecule has 0 aliphatic carbocycles. The van der Waals surface area contributed by atoms with Gasteiger partial charge in [0.2, 0.25) is 0 Å². The van der Waals surface area contributed by atoms with Crippen LogP contribution in [-0.4, -0.2) is 51.0 Å². The van der Waals surface area contributed by atoms with Gasteiger partial charge in [0.1, 0.15) is 13.2 Å². The summed E-state index contributed by atoms with van der Waals surface area (Å²) < 4.78 is 24.1. The first-order valence-corrected chi connectivity index (χ1v) is 7.29. The highest BCUT2D eigenvalue weighted by Gasteiger charge is 2.23. The second kappa shape index (κ2) is 6.41. The molecule has 1 atom stereocenters. The molecule has 3 rings (SSSR count). The molecule has 1 aromatic carbocycles. The third-order valence-corrected chi connectivity index (χ3v) is 3.93. The van der Waals surface area contributed by atoms with E-state index in [-0.39, 0.29) is 12.7 Å². The molecule has 5 heteroatoms. The van der Waals surface area contributed by atoms with Gasteiger partial charge in [0.25, 0.3) is 0 Å². The van der Waals surface area contributed by atoms with Gasteiger partial charge < -0.3 is 14.8 Å². The van der Waals surface area contributed by atoms with Gasteiger partial charge in [0.15, 0.2) is 11.5 Å². The number of nitrogens with one attached hydrogen (secondary N) is 1. The maximum Gasteiger partial charge on any atom is 0.161 e. The van der Waals surface area contributed by atoms with E-state index in [4.69, 9.17) is 9.47 Å². The predicted octanol–water partition coefficient (Wildman–Crippen LogP) is 1.76. The van der Waals surface area contributed by atoms with Crippen LogP contribution in [0, 0.1) is 0 Å². The molecule has 0 amide bonds. The fraction of sp³-hybridized carbons (Fsp3) is 0.600. The second-order valence-corrected chi connectivity index (χ2v) is 5.18. The number of fused-ring (bicyclic) bond motifs is 1. The topological polar surface area (TPSA) is 33.7 Å². The standard InChI is InChI=1S/C15H21FN2O2/c16-4-3-13(18-7-5-17-6-8-18)12-1-2-14-15(11-12)20-10-9-19-14/h1-2,11,13,17H,3-10H2/t13-/m0/s1. The van der Waals surface area contributed by atoms with Crippen LogP contribution in [0.1, 0.15) is 18.0 Å². The minimum absolute atomic E-state index is 0.123. The van der Waals surface area contributed by atoms with Crippen molar-refractivity contribution >= 4 is 0 Å². The van der Waals surface area contributed by atoms with Crippen molar-refractivity contribution in [2.24, 2.45) is 0 Å². The SMILES string of the molecule is FCC[C@@H](c1ccc2c(c1)OCCO2)N1CCNCC1. The van der Waals surface area contributed by atoms with Crippen LogP contribution in [0.4, 0.5) is 4.39 Å². The van der Waals surface area contributed by atoms with Crippen LogP contribution in [0.5, 0.6) is 11.5 Å². The maximum absolute atomic E-state index is 12.9. The Morgan fingerprint density at radius 3 is 2.65 bits per heavy atom. The van der Waals surface area contributed by atoms with Gasteiger partial charge in [0.05, 0.1) is 6.67 Å². The third kappa shape index (κ3) is 2.88. The van der Waals surface area contributed by atoms with E-state index in [0.717, 1.165) is 43.2 Å². The van der Waals surface area contributed by atoms with Crippen LogP contribution in [0.15, 0.2) is 18.2 Å². The monoisotopic (exact) mass is 280 g/mol. The zero-order chi connectivity index (χ0) is 13.8. The fourth-order valence-corrected chi connectivity index (χ4v) is 2.92. The molecule has 0 aromatic heterocycles. The highest BCUT2D eigenvalue weighted by molar-refractivity contribution is 5.44. The molecule has 20 heavy (non-hydrogen) atoms. The minimum atomic E-state index is -0.303. The minimum Gasteiger partial charge on any atom is -0.486 e. The summed E-state index contributed by atoms with van der Waals surface area (Å²) in [5, 5.41) is 3.33. The quantitative estimate of drug-likeness (QED) is 0.911. The molecule has 0 saturated carbocycles. The zero-order valence-corrected chi connectivity index (χ0v) is 11.6. The van der Waals surface area contributed by atoms with Crippen molar-refractivity contribution in [1.82, 2.24) is 10.2 Å². The van der Waals surface area contributed by atoms with Gasteiger partial charge in [-0.05, 0) is 24.1 Å². The summed E-state index contributed by atoms with van der Waals surface area (Å²) in [5.74, 6) is 1.58. The van der Waals surface area contributed by atoms with E-state index >= 15 is 0 Å².